The molecule has 7 nitrogen and oxygen atoms in total. The monoisotopic (exact) mass is 708 g/mol. The average molecular weight is 709 g/mol. The Morgan fingerprint density at radius 1 is 0.840 bits per heavy atom. The maximum atomic E-state index is 13.8. The van der Waals surface area contributed by atoms with Gasteiger partial charge >= 0.3 is 5.97 Å². The molecular weight excluding hydrogens is 645 g/mol. The van der Waals surface area contributed by atoms with Gasteiger partial charge in [0.1, 0.15) is 0 Å². The van der Waals surface area contributed by atoms with Crippen molar-refractivity contribution in [3.05, 3.63) is 35.4 Å². The summed E-state index contributed by atoms with van der Waals surface area (Å²) >= 11 is 0. The fraction of sp³-hybridized carbons (Fsp3) is 0.810. The Morgan fingerprint density at radius 3 is 2.16 bits per heavy atom. The number of nitrogens with one attached hydrogen (secondary N) is 1. The van der Waals surface area contributed by atoms with Crippen LogP contribution in [-0.4, -0.2) is 67.0 Å². The highest BCUT2D eigenvalue weighted by molar-refractivity contribution is 7.91. The number of nitrogens with zero attached hydrogens (tertiary/aromatic N) is 1. The van der Waals surface area contributed by atoms with Crippen LogP contribution in [0.4, 0.5) is 0 Å². The second-order valence-corrected chi connectivity index (χ2v) is 21.9. The topological polar surface area (TPSA) is 104 Å². The van der Waals surface area contributed by atoms with Gasteiger partial charge in [0, 0.05) is 18.6 Å². The van der Waals surface area contributed by atoms with Crippen LogP contribution in [0.2, 0.25) is 0 Å². The van der Waals surface area contributed by atoms with Gasteiger partial charge in [-0.1, -0.05) is 60.6 Å². The van der Waals surface area contributed by atoms with E-state index in [1.807, 2.05) is 4.90 Å². The first-order chi connectivity index (χ1) is 23.4. The number of fused-ring (bicyclic) bond motifs is 7. The zero-order chi connectivity index (χ0) is 36.1. The Hall–Kier alpha value is -1.93. The predicted molar refractivity (Wildman–Crippen MR) is 199 cm³/mol. The molecule has 0 bridgehead atoms. The van der Waals surface area contributed by atoms with Crippen LogP contribution in [0.15, 0.2) is 24.3 Å². The number of carboxylic acid groups (broad SMARTS) is 1. The van der Waals surface area contributed by atoms with Gasteiger partial charge in [-0.2, -0.15) is 0 Å². The number of carbonyl (C=O) groups is 2. The Kier molecular flexibility index (Phi) is 8.97. The van der Waals surface area contributed by atoms with Crippen molar-refractivity contribution in [1.29, 1.82) is 0 Å². The number of rotatable bonds is 6. The largest absolute Gasteiger partial charge is 0.478 e. The number of hydrogen-bond acceptors (Lipinski definition) is 5. The standard InChI is InChI=1S/C42H64N2O5S/c1-27(2)30-14-19-42(43-35(45)26-44-22-24-50(48,49)25-23-44)21-20-40(6)32(36(30)42)12-13-34-39(5)17-15-31(28-8-10-29(11-9-28)37(46)47)38(3,4)33(39)16-18-41(34,40)7/h8-11,27,30-34,36H,12-26H2,1-7H3,(H,43,45)(H,46,47)/t30-,31+,32+,33-,34+,36+,39-,40+,41+,42?/m0/s1. The quantitative estimate of drug-likeness (QED) is 0.313. The minimum absolute atomic E-state index is 0.0896. The molecule has 10 atom stereocenters. The van der Waals surface area contributed by atoms with Crippen molar-refractivity contribution in [2.45, 2.75) is 124 Å². The number of carbonyl (C=O) groups excluding carboxylic acids is 1. The van der Waals surface area contributed by atoms with Gasteiger partial charge < -0.3 is 10.4 Å². The molecule has 5 saturated carbocycles. The van der Waals surface area contributed by atoms with E-state index in [0.29, 0.717) is 66.6 Å². The lowest BCUT2D eigenvalue weighted by molar-refractivity contribution is -0.235. The van der Waals surface area contributed by atoms with Gasteiger partial charge in [0.15, 0.2) is 9.84 Å². The van der Waals surface area contributed by atoms with Gasteiger partial charge in [0.2, 0.25) is 5.91 Å². The van der Waals surface area contributed by atoms with Crippen molar-refractivity contribution in [2.75, 3.05) is 31.1 Å². The Bertz CT molecular complexity index is 1590. The molecule has 1 amide bonds. The highest BCUT2D eigenvalue weighted by atomic mass is 32.2. The smallest absolute Gasteiger partial charge is 0.335 e. The fourth-order valence-electron chi connectivity index (χ4n) is 14.5. The molecule has 2 N–H and O–H groups in total. The second-order valence-electron chi connectivity index (χ2n) is 19.6. The van der Waals surface area contributed by atoms with E-state index < -0.39 is 15.8 Å². The summed E-state index contributed by atoms with van der Waals surface area (Å²) in [7, 11) is -2.98. The Morgan fingerprint density at radius 2 is 1.52 bits per heavy atom. The van der Waals surface area contributed by atoms with Crippen LogP contribution in [0.3, 0.4) is 0 Å². The molecule has 7 rings (SSSR count). The van der Waals surface area contributed by atoms with Crippen LogP contribution in [-0.2, 0) is 14.6 Å². The first-order valence-corrected chi connectivity index (χ1v) is 21.8. The summed E-state index contributed by atoms with van der Waals surface area (Å²) in [6, 6.07) is 7.74. The van der Waals surface area contributed by atoms with Crippen molar-refractivity contribution in [2.24, 2.45) is 57.2 Å². The van der Waals surface area contributed by atoms with Gasteiger partial charge in [-0.15, -0.1) is 0 Å². The summed E-state index contributed by atoms with van der Waals surface area (Å²) in [6.07, 6.45) is 11.9. The molecule has 278 valence electrons. The van der Waals surface area contributed by atoms with Gasteiger partial charge in [0.25, 0.3) is 0 Å². The lowest BCUT2D eigenvalue weighted by Gasteiger charge is -2.73. The predicted octanol–water partition coefficient (Wildman–Crippen LogP) is 7.80. The summed E-state index contributed by atoms with van der Waals surface area (Å²) in [6.45, 7) is 19.0. The van der Waals surface area contributed by atoms with Gasteiger partial charge in [-0.25, -0.2) is 13.2 Å². The molecule has 1 aliphatic heterocycles. The normalized spacial score (nSPS) is 43.6. The van der Waals surface area contributed by atoms with Crippen molar-refractivity contribution >= 4 is 21.7 Å². The third kappa shape index (κ3) is 5.53. The average Bonchev–Trinajstić information content (AvgIpc) is 3.42. The van der Waals surface area contributed by atoms with Crippen LogP contribution in [0.25, 0.3) is 0 Å². The SMILES string of the molecule is CC(C)[C@@H]1CCC2(NC(=O)CN3CCS(=O)(=O)CC3)CC[C@]3(C)[C@H](CC[C@@H]4[C@@]5(C)CC[C@H](c6ccc(C(=O)O)cc6)C(C)(C)[C@@H]5CC[C@]43C)[C@@H]12. The highest BCUT2D eigenvalue weighted by Crippen LogP contribution is 2.77. The van der Waals surface area contributed by atoms with E-state index in [9.17, 15) is 23.1 Å². The molecule has 0 aromatic heterocycles. The maximum absolute atomic E-state index is 13.8. The van der Waals surface area contributed by atoms with E-state index in [-0.39, 0.29) is 44.6 Å². The van der Waals surface area contributed by atoms with Gasteiger partial charge in [-0.05, 0) is 145 Å². The summed E-state index contributed by atoms with van der Waals surface area (Å²) in [4.78, 5) is 27.4. The number of aromatic carboxylic acids is 1. The highest BCUT2D eigenvalue weighted by Gasteiger charge is 2.71. The van der Waals surface area contributed by atoms with E-state index >= 15 is 0 Å². The molecule has 5 aliphatic carbocycles. The van der Waals surface area contributed by atoms with Crippen LogP contribution in [0.1, 0.15) is 135 Å². The fourth-order valence-corrected chi connectivity index (χ4v) is 15.8. The Labute approximate surface area is 302 Å². The van der Waals surface area contributed by atoms with Crippen molar-refractivity contribution in [3.8, 4) is 0 Å². The van der Waals surface area contributed by atoms with Gasteiger partial charge in [0.05, 0.1) is 23.6 Å². The van der Waals surface area contributed by atoms with E-state index in [1.165, 1.54) is 44.1 Å². The molecule has 1 unspecified atom stereocenters. The van der Waals surface area contributed by atoms with E-state index in [0.717, 1.165) is 25.7 Å². The third-order valence-electron chi connectivity index (χ3n) is 17.1. The maximum Gasteiger partial charge on any atom is 0.335 e. The first-order valence-electron chi connectivity index (χ1n) is 19.9. The summed E-state index contributed by atoms with van der Waals surface area (Å²) in [5, 5.41) is 13.2. The summed E-state index contributed by atoms with van der Waals surface area (Å²) in [5.74, 6) is 3.50. The zero-order valence-corrected chi connectivity index (χ0v) is 32.7. The van der Waals surface area contributed by atoms with E-state index in [4.69, 9.17) is 0 Å². The number of amides is 1. The third-order valence-corrected chi connectivity index (χ3v) is 18.7. The van der Waals surface area contributed by atoms with Gasteiger partial charge in [-0.3, -0.25) is 9.69 Å². The molecular formula is C42H64N2O5S. The molecule has 1 heterocycles. The lowest BCUT2D eigenvalue weighted by Crippen LogP contribution is -2.69. The molecule has 6 aliphatic rings. The minimum Gasteiger partial charge on any atom is -0.478 e. The first kappa shape index (κ1) is 36.4. The molecule has 1 aromatic carbocycles. The molecule has 1 saturated heterocycles. The van der Waals surface area contributed by atoms with Crippen molar-refractivity contribution in [3.63, 3.8) is 0 Å². The molecule has 0 spiro atoms. The van der Waals surface area contributed by atoms with Crippen molar-refractivity contribution in [1.82, 2.24) is 10.2 Å². The van der Waals surface area contributed by atoms with Crippen LogP contribution in [0, 0.1) is 57.2 Å². The zero-order valence-electron chi connectivity index (χ0n) is 31.9. The summed E-state index contributed by atoms with van der Waals surface area (Å²) < 4.78 is 24.1. The van der Waals surface area contributed by atoms with Crippen molar-refractivity contribution < 1.29 is 23.1 Å². The number of hydrogen-bond donors (Lipinski definition) is 2. The second kappa shape index (κ2) is 12.3. The lowest BCUT2D eigenvalue weighted by atomic mass is 9.32. The molecule has 50 heavy (non-hydrogen) atoms. The minimum atomic E-state index is -2.98. The van der Waals surface area contributed by atoms with Crippen LogP contribution < -0.4 is 5.32 Å². The number of sulfone groups is 1. The van der Waals surface area contributed by atoms with Crippen LogP contribution >= 0.6 is 0 Å². The molecule has 8 heteroatoms. The number of benzene rings is 1. The Balaban J connectivity index is 1.14. The van der Waals surface area contributed by atoms with Crippen LogP contribution in [0.5, 0.6) is 0 Å². The van der Waals surface area contributed by atoms with E-state index in [1.54, 1.807) is 12.1 Å². The molecule has 1 aromatic rings. The van der Waals surface area contributed by atoms with E-state index in [2.05, 4.69) is 65.9 Å². The number of carboxylic acids is 1. The summed E-state index contributed by atoms with van der Waals surface area (Å²) in [5.41, 5.74) is 2.35. The molecule has 6 fully saturated rings. The molecule has 0 radical (unpaired) electrons.